The molecule has 4 rings (SSSR count). The maximum atomic E-state index is 13.1. The first kappa shape index (κ1) is 19.2. The van der Waals surface area contributed by atoms with Crippen LogP contribution in [0.5, 0.6) is 0 Å². The van der Waals surface area contributed by atoms with Crippen LogP contribution < -0.4 is 0 Å². The van der Waals surface area contributed by atoms with E-state index >= 15 is 0 Å². The number of carbonyl (C=O) groups is 3. The number of fused-ring (bicyclic) bond motifs is 1. The maximum Gasteiger partial charge on any atom is 0.335 e. The van der Waals surface area contributed by atoms with Gasteiger partial charge in [0.05, 0.1) is 17.5 Å². The fraction of sp³-hybridized carbons (Fsp3) is 0.348. The molecule has 29 heavy (non-hydrogen) atoms. The Hall–Kier alpha value is -3.15. The Kier molecular flexibility index (Phi) is 5.09. The normalized spacial score (nSPS) is 19.8. The lowest BCUT2D eigenvalue weighted by Crippen LogP contribution is -2.40. The molecule has 2 unspecified atom stereocenters. The van der Waals surface area contributed by atoms with Gasteiger partial charge in [0.1, 0.15) is 0 Å². The average molecular weight is 392 g/mol. The summed E-state index contributed by atoms with van der Waals surface area (Å²) in [5.41, 5.74) is 3.25. The molecular weight excluding hydrogens is 368 g/mol. The first-order valence-electron chi connectivity index (χ1n) is 9.92. The summed E-state index contributed by atoms with van der Waals surface area (Å²) in [6, 6.07) is 14.9. The first-order chi connectivity index (χ1) is 13.9. The molecule has 2 heterocycles. The monoisotopic (exact) mass is 392 g/mol. The van der Waals surface area contributed by atoms with Crippen LogP contribution in [0, 0.1) is 5.92 Å². The number of nitrogens with zero attached hydrogens (tertiary/aromatic N) is 2. The standard InChI is InChI=1S/C23H24N2O4/c1-15(16-5-3-2-4-6-16)25-14-20(12-21(25)26)22(27)24-10-9-17-7-8-18(23(28)29)11-19(17)13-24/h2-8,11,15,20H,9-10,12-14H2,1H3,(H,28,29). The minimum Gasteiger partial charge on any atom is -0.478 e. The number of likely N-dealkylation sites (tertiary alicyclic amines) is 1. The molecule has 2 atom stereocenters. The van der Waals surface area contributed by atoms with Gasteiger partial charge in [-0.15, -0.1) is 0 Å². The molecule has 150 valence electrons. The van der Waals surface area contributed by atoms with Crippen LogP contribution in [0.2, 0.25) is 0 Å². The van der Waals surface area contributed by atoms with E-state index in [0.717, 1.165) is 16.7 Å². The minimum atomic E-state index is -0.969. The number of amides is 2. The van der Waals surface area contributed by atoms with Gasteiger partial charge in [-0.3, -0.25) is 9.59 Å². The summed E-state index contributed by atoms with van der Waals surface area (Å²) >= 11 is 0. The smallest absolute Gasteiger partial charge is 0.335 e. The summed E-state index contributed by atoms with van der Waals surface area (Å²) in [5, 5.41) is 9.21. The van der Waals surface area contributed by atoms with E-state index in [1.807, 2.05) is 43.3 Å². The van der Waals surface area contributed by atoms with Gasteiger partial charge >= 0.3 is 5.97 Å². The van der Waals surface area contributed by atoms with Crippen LogP contribution in [0.3, 0.4) is 0 Å². The summed E-state index contributed by atoms with van der Waals surface area (Å²) < 4.78 is 0. The van der Waals surface area contributed by atoms with Crippen LogP contribution in [0.25, 0.3) is 0 Å². The number of rotatable bonds is 4. The molecule has 0 aromatic heterocycles. The Morgan fingerprint density at radius 1 is 1.10 bits per heavy atom. The highest BCUT2D eigenvalue weighted by Crippen LogP contribution is 2.30. The highest BCUT2D eigenvalue weighted by molar-refractivity contribution is 5.90. The van der Waals surface area contributed by atoms with E-state index in [1.54, 1.807) is 21.9 Å². The van der Waals surface area contributed by atoms with Gasteiger partial charge in [0, 0.05) is 26.1 Å². The zero-order chi connectivity index (χ0) is 20.5. The van der Waals surface area contributed by atoms with E-state index < -0.39 is 5.97 Å². The lowest BCUT2D eigenvalue weighted by molar-refractivity contribution is -0.136. The Bertz CT molecular complexity index is 957. The van der Waals surface area contributed by atoms with E-state index in [-0.39, 0.29) is 35.8 Å². The van der Waals surface area contributed by atoms with E-state index in [4.69, 9.17) is 0 Å². The third-order valence-corrected chi connectivity index (χ3v) is 6.03. The van der Waals surface area contributed by atoms with Crippen LogP contribution >= 0.6 is 0 Å². The number of hydrogen-bond donors (Lipinski definition) is 1. The van der Waals surface area contributed by atoms with Crippen LogP contribution in [0.15, 0.2) is 48.5 Å². The number of hydrogen-bond acceptors (Lipinski definition) is 3. The van der Waals surface area contributed by atoms with Gasteiger partial charge in [-0.05, 0) is 42.2 Å². The lowest BCUT2D eigenvalue weighted by Gasteiger charge is -2.31. The molecule has 6 heteroatoms. The summed E-state index contributed by atoms with van der Waals surface area (Å²) in [6.45, 7) is 3.41. The van der Waals surface area contributed by atoms with Crippen LogP contribution in [0.1, 0.15) is 46.4 Å². The molecule has 2 aromatic rings. The Morgan fingerprint density at radius 2 is 1.86 bits per heavy atom. The second kappa shape index (κ2) is 7.70. The SMILES string of the molecule is CC(c1ccccc1)N1CC(C(=O)N2CCc3ccc(C(=O)O)cc3C2)CC1=O. The lowest BCUT2D eigenvalue weighted by atomic mass is 9.96. The van der Waals surface area contributed by atoms with Gasteiger partial charge in [-0.2, -0.15) is 0 Å². The van der Waals surface area contributed by atoms with Crippen molar-refractivity contribution < 1.29 is 19.5 Å². The third kappa shape index (κ3) is 3.75. The molecule has 2 amide bonds. The molecule has 1 N–H and O–H groups in total. The minimum absolute atomic E-state index is 0.00489. The molecule has 0 spiro atoms. The van der Waals surface area contributed by atoms with Crippen molar-refractivity contribution in [2.24, 2.45) is 5.92 Å². The van der Waals surface area contributed by atoms with Crippen molar-refractivity contribution in [1.29, 1.82) is 0 Å². The van der Waals surface area contributed by atoms with Crippen LogP contribution in [-0.4, -0.2) is 45.8 Å². The summed E-state index contributed by atoms with van der Waals surface area (Å²) in [7, 11) is 0. The van der Waals surface area contributed by atoms with Crippen molar-refractivity contribution in [3.05, 3.63) is 70.8 Å². The van der Waals surface area contributed by atoms with Crippen molar-refractivity contribution in [3.63, 3.8) is 0 Å². The zero-order valence-electron chi connectivity index (χ0n) is 16.4. The number of aromatic carboxylic acids is 1. The Balaban J connectivity index is 1.46. The fourth-order valence-electron chi connectivity index (χ4n) is 4.32. The second-order valence-electron chi connectivity index (χ2n) is 7.83. The summed E-state index contributed by atoms with van der Waals surface area (Å²) in [4.78, 5) is 40.5. The maximum absolute atomic E-state index is 13.1. The van der Waals surface area contributed by atoms with E-state index in [2.05, 4.69) is 0 Å². The predicted octanol–water partition coefficient (Wildman–Crippen LogP) is 2.88. The molecular formula is C23H24N2O4. The molecule has 0 bridgehead atoms. The molecule has 2 aromatic carbocycles. The van der Waals surface area contributed by atoms with E-state index in [0.29, 0.717) is 26.1 Å². The molecule has 0 radical (unpaired) electrons. The van der Waals surface area contributed by atoms with Crippen molar-refractivity contribution in [2.45, 2.75) is 32.4 Å². The first-order valence-corrected chi connectivity index (χ1v) is 9.92. The molecule has 1 fully saturated rings. The van der Waals surface area contributed by atoms with Gasteiger partial charge in [-0.1, -0.05) is 36.4 Å². The Labute approximate surface area is 169 Å². The quantitative estimate of drug-likeness (QED) is 0.868. The highest BCUT2D eigenvalue weighted by Gasteiger charge is 2.39. The number of carboxylic acid groups (broad SMARTS) is 1. The zero-order valence-corrected chi connectivity index (χ0v) is 16.4. The van der Waals surface area contributed by atoms with Crippen molar-refractivity contribution in [3.8, 4) is 0 Å². The van der Waals surface area contributed by atoms with Crippen molar-refractivity contribution in [1.82, 2.24) is 9.80 Å². The van der Waals surface area contributed by atoms with Crippen molar-refractivity contribution >= 4 is 17.8 Å². The van der Waals surface area contributed by atoms with E-state index in [1.165, 1.54) is 0 Å². The second-order valence-corrected chi connectivity index (χ2v) is 7.83. The van der Waals surface area contributed by atoms with Crippen LogP contribution in [0.4, 0.5) is 0 Å². The van der Waals surface area contributed by atoms with Gasteiger partial charge in [0.2, 0.25) is 11.8 Å². The Morgan fingerprint density at radius 3 is 2.59 bits per heavy atom. The van der Waals surface area contributed by atoms with Gasteiger partial charge in [-0.25, -0.2) is 4.79 Å². The number of benzene rings is 2. The van der Waals surface area contributed by atoms with Crippen molar-refractivity contribution in [2.75, 3.05) is 13.1 Å². The molecule has 6 nitrogen and oxygen atoms in total. The third-order valence-electron chi connectivity index (χ3n) is 6.03. The number of carbonyl (C=O) groups excluding carboxylic acids is 2. The largest absolute Gasteiger partial charge is 0.478 e. The van der Waals surface area contributed by atoms with Crippen LogP contribution in [-0.2, 0) is 22.6 Å². The summed E-state index contributed by atoms with van der Waals surface area (Å²) in [5.74, 6) is -1.33. The van der Waals surface area contributed by atoms with E-state index in [9.17, 15) is 19.5 Å². The molecule has 0 saturated carbocycles. The fourth-order valence-corrected chi connectivity index (χ4v) is 4.32. The molecule has 1 saturated heterocycles. The molecule has 2 aliphatic heterocycles. The molecule has 2 aliphatic rings. The highest BCUT2D eigenvalue weighted by atomic mass is 16.4. The number of carboxylic acids is 1. The van der Waals surface area contributed by atoms with Gasteiger partial charge in [0.25, 0.3) is 0 Å². The van der Waals surface area contributed by atoms with Gasteiger partial charge in [0.15, 0.2) is 0 Å². The van der Waals surface area contributed by atoms with Gasteiger partial charge < -0.3 is 14.9 Å². The summed E-state index contributed by atoms with van der Waals surface area (Å²) in [6.07, 6.45) is 0.931. The average Bonchev–Trinajstić information content (AvgIpc) is 3.14. The topological polar surface area (TPSA) is 77.9 Å². The predicted molar refractivity (Wildman–Crippen MR) is 107 cm³/mol. The molecule has 0 aliphatic carbocycles.